The molecule has 8 heteroatoms. The van der Waals surface area contributed by atoms with Crippen molar-refractivity contribution in [3.63, 3.8) is 0 Å². The molecule has 0 aromatic heterocycles. The van der Waals surface area contributed by atoms with E-state index in [4.69, 9.17) is 16.3 Å². The second-order valence-electron chi connectivity index (χ2n) is 4.70. The van der Waals surface area contributed by atoms with Gasteiger partial charge in [0.1, 0.15) is 5.82 Å². The summed E-state index contributed by atoms with van der Waals surface area (Å²) in [5, 5.41) is 4.77. The Morgan fingerprint density at radius 2 is 1.95 bits per heavy atom. The van der Waals surface area contributed by atoms with Crippen LogP contribution in [0.15, 0.2) is 18.2 Å². The minimum Gasteiger partial charge on any atom is -0.452 e. The molecule has 6 nitrogen and oxygen atoms in total. The van der Waals surface area contributed by atoms with E-state index in [1.165, 1.54) is 0 Å². The Kier molecular flexibility index (Phi) is 6.78. The molecule has 0 heterocycles. The van der Waals surface area contributed by atoms with Crippen molar-refractivity contribution in [2.45, 2.75) is 19.9 Å². The molecule has 22 heavy (non-hydrogen) atoms. The third kappa shape index (κ3) is 6.09. The molecule has 2 N–H and O–H groups in total. The zero-order valence-corrected chi connectivity index (χ0v) is 12.9. The lowest BCUT2D eigenvalue weighted by Crippen LogP contribution is -2.41. The Hall–Kier alpha value is -2.15. The molecule has 0 aliphatic heterocycles. The van der Waals surface area contributed by atoms with E-state index in [-0.39, 0.29) is 29.1 Å². The van der Waals surface area contributed by atoms with Crippen LogP contribution in [0.2, 0.25) is 5.02 Å². The van der Waals surface area contributed by atoms with Gasteiger partial charge in [-0.05, 0) is 32.0 Å². The first-order chi connectivity index (χ1) is 10.3. The van der Waals surface area contributed by atoms with Crippen LogP contribution in [0.5, 0.6) is 0 Å². The van der Waals surface area contributed by atoms with Gasteiger partial charge in [0.15, 0.2) is 6.61 Å². The largest absolute Gasteiger partial charge is 0.452 e. The van der Waals surface area contributed by atoms with Crippen LogP contribution in [0.25, 0.3) is 0 Å². The first kappa shape index (κ1) is 17.9. The topological polar surface area (TPSA) is 84.5 Å². The van der Waals surface area contributed by atoms with Gasteiger partial charge in [0.25, 0.3) is 5.91 Å². The third-order valence-electron chi connectivity index (χ3n) is 2.38. The number of ether oxygens (including phenoxy) is 1. The van der Waals surface area contributed by atoms with Crippen molar-refractivity contribution in [2.75, 3.05) is 13.2 Å². The zero-order chi connectivity index (χ0) is 16.7. The monoisotopic (exact) mass is 330 g/mol. The second kappa shape index (κ2) is 8.33. The fourth-order valence-corrected chi connectivity index (χ4v) is 1.71. The number of nitrogens with one attached hydrogen (secondary N) is 2. The summed E-state index contributed by atoms with van der Waals surface area (Å²) in [6, 6.07) is 3.14. The average Bonchev–Trinajstić information content (AvgIpc) is 2.41. The molecule has 1 rings (SSSR count). The summed E-state index contributed by atoms with van der Waals surface area (Å²) in [5.41, 5.74) is -0.0478. The van der Waals surface area contributed by atoms with Gasteiger partial charge in [-0.25, -0.2) is 9.18 Å². The SMILES string of the molecule is CC(C)NC(=O)CNC(=O)COC(=O)c1ccc(F)cc1Cl. The van der Waals surface area contributed by atoms with E-state index < -0.39 is 24.3 Å². The quantitative estimate of drug-likeness (QED) is 0.769. The van der Waals surface area contributed by atoms with Crippen molar-refractivity contribution in [1.82, 2.24) is 10.6 Å². The molecular weight excluding hydrogens is 315 g/mol. The van der Waals surface area contributed by atoms with Crippen LogP contribution in [-0.2, 0) is 14.3 Å². The van der Waals surface area contributed by atoms with Crippen LogP contribution in [-0.4, -0.2) is 37.0 Å². The van der Waals surface area contributed by atoms with E-state index in [9.17, 15) is 18.8 Å². The summed E-state index contributed by atoms with van der Waals surface area (Å²) >= 11 is 5.70. The normalized spacial score (nSPS) is 10.2. The number of esters is 1. The maximum atomic E-state index is 12.9. The Morgan fingerprint density at radius 1 is 1.27 bits per heavy atom. The van der Waals surface area contributed by atoms with E-state index in [0.29, 0.717) is 0 Å². The molecule has 0 spiro atoms. The van der Waals surface area contributed by atoms with Gasteiger partial charge in [-0.1, -0.05) is 11.6 Å². The van der Waals surface area contributed by atoms with Crippen molar-refractivity contribution in [1.29, 1.82) is 0 Å². The number of halogens is 2. The lowest BCUT2D eigenvalue weighted by molar-refractivity contribution is -0.128. The number of amides is 2. The molecule has 2 amide bonds. The molecule has 0 aliphatic carbocycles. The molecule has 0 fully saturated rings. The van der Waals surface area contributed by atoms with Crippen LogP contribution in [0.1, 0.15) is 24.2 Å². The summed E-state index contributed by atoms with van der Waals surface area (Å²) < 4.78 is 17.6. The summed E-state index contributed by atoms with van der Waals surface area (Å²) in [6.07, 6.45) is 0. The lowest BCUT2D eigenvalue weighted by atomic mass is 10.2. The molecular formula is C14H16ClFN2O4. The summed E-state index contributed by atoms with van der Waals surface area (Å²) in [5.74, 6) is -2.43. The number of hydrogen-bond donors (Lipinski definition) is 2. The van der Waals surface area contributed by atoms with E-state index in [0.717, 1.165) is 18.2 Å². The van der Waals surface area contributed by atoms with Gasteiger partial charge in [0.2, 0.25) is 5.91 Å². The number of benzene rings is 1. The van der Waals surface area contributed by atoms with Crippen LogP contribution < -0.4 is 10.6 Å². The van der Waals surface area contributed by atoms with Crippen LogP contribution in [0.3, 0.4) is 0 Å². The number of carbonyl (C=O) groups excluding carboxylic acids is 3. The van der Waals surface area contributed by atoms with Crippen LogP contribution in [0.4, 0.5) is 4.39 Å². The highest BCUT2D eigenvalue weighted by molar-refractivity contribution is 6.33. The molecule has 0 saturated heterocycles. The summed E-state index contributed by atoms with van der Waals surface area (Å²) in [4.78, 5) is 34.4. The van der Waals surface area contributed by atoms with Crippen molar-refractivity contribution in [3.8, 4) is 0 Å². The molecule has 0 saturated carbocycles. The number of hydrogen-bond acceptors (Lipinski definition) is 4. The first-order valence-electron chi connectivity index (χ1n) is 6.48. The zero-order valence-electron chi connectivity index (χ0n) is 12.1. The van der Waals surface area contributed by atoms with Gasteiger partial charge >= 0.3 is 5.97 Å². The number of carbonyl (C=O) groups is 3. The molecule has 1 aromatic rings. The van der Waals surface area contributed by atoms with Crippen molar-refractivity contribution in [2.24, 2.45) is 0 Å². The molecule has 120 valence electrons. The first-order valence-corrected chi connectivity index (χ1v) is 6.85. The van der Waals surface area contributed by atoms with E-state index in [1.54, 1.807) is 13.8 Å². The maximum absolute atomic E-state index is 12.9. The van der Waals surface area contributed by atoms with Gasteiger partial charge in [0.05, 0.1) is 17.1 Å². The predicted molar refractivity (Wildman–Crippen MR) is 78.0 cm³/mol. The Labute approximate surface area is 132 Å². The molecule has 1 aromatic carbocycles. The smallest absolute Gasteiger partial charge is 0.340 e. The molecule has 0 aliphatic rings. The lowest BCUT2D eigenvalue weighted by Gasteiger charge is -2.09. The minimum absolute atomic E-state index is 0.0390. The Morgan fingerprint density at radius 3 is 2.55 bits per heavy atom. The van der Waals surface area contributed by atoms with E-state index in [2.05, 4.69) is 10.6 Å². The highest BCUT2D eigenvalue weighted by Crippen LogP contribution is 2.17. The fourth-order valence-electron chi connectivity index (χ4n) is 1.47. The van der Waals surface area contributed by atoms with Crippen molar-refractivity contribution < 1.29 is 23.5 Å². The minimum atomic E-state index is -0.855. The third-order valence-corrected chi connectivity index (χ3v) is 2.69. The molecule has 0 unspecified atom stereocenters. The van der Waals surface area contributed by atoms with Crippen molar-refractivity contribution in [3.05, 3.63) is 34.6 Å². The second-order valence-corrected chi connectivity index (χ2v) is 5.11. The van der Waals surface area contributed by atoms with Gasteiger partial charge < -0.3 is 15.4 Å². The average molecular weight is 331 g/mol. The van der Waals surface area contributed by atoms with Crippen LogP contribution in [0, 0.1) is 5.82 Å². The number of rotatable bonds is 6. The van der Waals surface area contributed by atoms with Gasteiger partial charge in [0, 0.05) is 6.04 Å². The molecule has 0 bridgehead atoms. The van der Waals surface area contributed by atoms with Crippen LogP contribution >= 0.6 is 11.6 Å². The maximum Gasteiger partial charge on any atom is 0.340 e. The Bertz CT molecular complexity index is 578. The van der Waals surface area contributed by atoms with E-state index >= 15 is 0 Å². The van der Waals surface area contributed by atoms with Gasteiger partial charge in [-0.15, -0.1) is 0 Å². The highest BCUT2D eigenvalue weighted by Gasteiger charge is 2.14. The van der Waals surface area contributed by atoms with E-state index in [1.807, 2.05) is 0 Å². The Balaban J connectivity index is 2.40. The predicted octanol–water partition coefficient (Wildman–Crippen LogP) is 1.28. The highest BCUT2D eigenvalue weighted by atomic mass is 35.5. The molecule has 0 radical (unpaired) electrons. The summed E-state index contributed by atoms with van der Waals surface area (Å²) in [6.45, 7) is 2.79. The van der Waals surface area contributed by atoms with Gasteiger partial charge in [-0.2, -0.15) is 0 Å². The van der Waals surface area contributed by atoms with Gasteiger partial charge in [-0.3, -0.25) is 9.59 Å². The standard InChI is InChI=1S/C14H16ClFN2O4/c1-8(2)18-12(19)6-17-13(20)7-22-14(21)10-4-3-9(16)5-11(10)15/h3-5,8H,6-7H2,1-2H3,(H,17,20)(H,18,19). The fraction of sp³-hybridized carbons (Fsp3) is 0.357. The van der Waals surface area contributed by atoms with Crippen molar-refractivity contribution >= 4 is 29.4 Å². The summed E-state index contributed by atoms with van der Waals surface area (Å²) in [7, 11) is 0. The molecule has 0 atom stereocenters.